The first-order valence-electron chi connectivity index (χ1n) is 4.80. The lowest BCUT2D eigenvalue weighted by molar-refractivity contribution is 0.521. The van der Waals surface area contributed by atoms with Crippen LogP contribution in [0.4, 0.5) is 0 Å². The van der Waals surface area contributed by atoms with Gasteiger partial charge in [-0.2, -0.15) is 11.8 Å². The van der Waals surface area contributed by atoms with Gasteiger partial charge in [0.15, 0.2) is 0 Å². The Morgan fingerprint density at radius 2 is 2.31 bits per heavy atom. The number of thioether (sulfide) groups is 1. The molecular weight excluding hydrogens is 182 g/mol. The van der Waals surface area contributed by atoms with Crippen LogP contribution in [0.1, 0.15) is 18.6 Å². The third-order valence-corrected chi connectivity index (χ3v) is 3.72. The van der Waals surface area contributed by atoms with E-state index in [1.807, 2.05) is 23.9 Å². The van der Waals surface area contributed by atoms with Crippen molar-refractivity contribution in [2.75, 3.05) is 13.1 Å². The van der Waals surface area contributed by atoms with E-state index >= 15 is 0 Å². The zero-order valence-electron chi connectivity index (χ0n) is 7.66. The first kappa shape index (κ1) is 9.16. The van der Waals surface area contributed by atoms with Gasteiger partial charge in [-0.1, -0.05) is 0 Å². The van der Waals surface area contributed by atoms with Gasteiger partial charge in [0.25, 0.3) is 0 Å². The third kappa shape index (κ3) is 2.78. The highest BCUT2D eigenvalue weighted by Gasteiger charge is 2.13. The first-order valence-corrected chi connectivity index (χ1v) is 5.85. The number of hydrogen-bond acceptors (Lipinski definition) is 3. The molecule has 1 fully saturated rings. The van der Waals surface area contributed by atoms with Crippen molar-refractivity contribution >= 4 is 11.8 Å². The van der Waals surface area contributed by atoms with Crippen molar-refractivity contribution in [1.82, 2.24) is 5.32 Å². The molecule has 0 atom stereocenters. The zero-order chi connectivity index (χ0) is 8.93. The molecule has 1 aliphatic heterocycles. The van der Waals surface area contributed by atoms with Crippen molar-refractivity contribution in [3.8, 4) is 0 Å². The van der Waals surface area contributed by atoms with Gasteiger partial charge < -0.3 is 9.73 Å². The van der Waals surface area contributed by atoms with Crippen LogP contribution in [0.15, 0.2) is 22.8 Å². The van der Waals surface area contributed by atoms with E-state index in [0.29, 0.717) is 0 Å². The van der Waals surface area contributed by atoms with Gasteiger partial charge >= 0.3 is 0 Å². The summed E-state index contributed by atoms with van der Waals surface area (Å²) in [5.41, 5.74) is 0. The number of furan rings is 1. The maximum absolute atomic E-state index is 5.29. The van der Waals surface area contributed by atoms with Gasteiger partial charge in [-0.25, -0.2) is 0 Å². The van der Waals surface area contributed by atoms with E-state index in [9.17, 15) is 0 Å². The molecule has 0 amide bonds. The maximum Gasteiger partial charge on any atom is 0.113 e. The highest BCUT2D eigenvalue weighted by molar-refractivity contribution is 7.99. The van der Waals surface area contributed by atoms with Crippen molar-refractivity contribution in [2.45, 2.75) is 23.8 Å². The summed E-state index contributed by atoms with van der Waals surface area (Å²) in [4.78, 5) is 0. The topological polar surface area (TPSA) is 25.2 Å². The number of hydrogen-bond donors (Lipinski definition) is 1. The SMILES string of the molecule is c1coc(CSC2CCNCC2)c1. The Labute approximate surface area is 83.1 Å². The molecule has 1 N–H and O–H groups in total. The van der Waals surface area contributed by atoms with Crippen LogP contribution in [0.25, 0.3) is 0 Å². The second kappa shape index (κ2) is 4.72. The Kier molecular flexibility index (Phi) is 3.33. The molecule has 0 unspecified atom stereocenters. The van der Waals surface area contributed by atoms with Crippen LogP contribution in [-0.2, 0) is 5.75 Å². The molecule has 1 aliphatic rings. The molecule has 0 bridgehead atoms. The van der Waals surface area contributed by atoms with Gasteiger partial charge in [-0.15, -0.1) is 0 Å². The molecule has 0 aromatic carbocycles. The molecule has 13 heavy (non-hydrogen) atoms. The van der Waals surface area contributed by atoms with Crippen molar-refractivity contribution in [1.29, 1.82) is 0 Å². The van der Waals surface area contributed by atoms with Crippen molar-refractivity contribution in [3.63, 3.8) is 0 Å². The molecule has 0 saturated carbocycles. The lowest BCUT2D eigenvalue weighted by Gasteiger charge is -2.21. The number of piperidine rings is 1. The molecule has 1 aromatic heterocycles. The van der Waals surface area contributed by atoms with Crippen LogP contribution in [0.3, 0.4) is 0 Å². The second-order valence-corrected chi connectivity index (χ2v) is 4.63. The minimum atomic E-state index is 0.825. The van der Waals surface area contributed by atoms with Crippen molar-refractivity contribution in [2.24, 2.45) is 0 Å². The fourth-order valence-corrected chi connectivity index (χ4v) is 2.69. The first-order chi connectivity index (χ1) is 6.45. The number of rotatable bonds is 3. The van der Waals surface area contributed by atoms with E-state index in [1.54, 1.807) is 6.26 Å². The fourth-order valence-electron chi connectivity index (χ4n) is 1.56. The summed E-state index contributed by atoms with van der Waals surface area (Å²) in [6.45, 7) is 2.35. The minimum Gasteiger partial charge on any atom is -0.468 e. The van der Waals surface area contributed by atoms with Crippen LogP contribution in [0, 0.1) is 0 Å². The standard InChI is InChI=1S/C10H15NOS/c1-2-9(12-7-1)8-13-10-3-5-11-6-4-10/h1-2,7,10-11H,3-6,8H2. The van der Waals surface area contributed by atoms with E-state index in [-0.39, 0.29) is 0 Å². The van der Waals surface area contributed by atoms with Crippen LogP contribution < -0.4 is 5.32 Å². The van der Waals surface area contributed by atoms with E-state index in [1.165, 1.54) is 25.9 Å². The maximum atomic E-state index is 5.29. The van der Waals surface area contributed by atoms with E-state index in [2.05, 4.69) is 5.32 Å². The monoisotopic (exact) mass is 197 g/mol. The summed E-state index contributed by atoms with van der Waals surface area (Å²) in [7, 11) is 0. The lowest BCUT2D eigenvalue weighted by atomic mass is 10.2. The Hall–Kier alpha value is -0.410. The van der Waals surface area contributed by atoms with Crippen LogP contribution in [0.5, 0.6) is 0 Å². The molecule has 72 valence electrons. The molecule has 1 saturated heterocycles. The molecule has 2 rings (SSSR count). The largest absolute Gasteiger partial charge is 0.468 e. The molecule has 0 radical (unpaired) electrons. The third-order valence-electron chi connectivity index (χ3n) is 2.33. The fraction of sp³-hybridized carbons (Fsp3) is 0.600. The molecule has 3 heteroatoms. The quantitative estimate of drug-likeness (QED) is 0.804. The average molecular weight is 197 g/mol. The molecule has 1 aromatic rings. The summed E-state index contributed by atoms with van der Waals surface area (Å²) in [6.07, 6.45) is 4.34. The lowest BCUT2D eigenvalue weighted by Crippen LogP contribution is -2.29. The summed E-state index contributed by atoms with van der Waals surface area (Å²) in [6, 6.07) is 4.01. The second-order valence-electron chi connectivity index (χ2n) is 3.34. The predicted molar refractivity (Wildman–Crippen MR) is 55.9 cm³/mol. The average Bonchev–Trinajstić information content (AvgIpc) is 2.69. The summed E-state index contributed by atoms with van der Waals surface area (Å²) >= 11 is 2.02. The Morgan fingerprint density at radius 3 is 3.00 bits per heavy atom. The van der Waals surface area contributed by atoms with Gasteiger partial charge in [-0.05, 0) is 38.1 Å². The van der Waals surface area contributed by atoms with E-state index < -0.39 is 0 Å². The van der Waals surface area contributed by atoms with Crippen molar-refractivity contribution in [3.05, 3.63) is 24.2 Å². The summed E-state index contributed by atoms with van der Waals surface area (Å²) in [5, 5.41) is 4.20. The molecule has 0 aliphatic carbocycles. The Bertz CT molecular complexity index is 229. The van der Waals surface area contributed by atoms with Gasteiger partial charge in [-0.3, -0.25) is 0 Å². The minimum absolute atomic E-state index is 0.825. The zero-order valence-corrected chi connectivity index (χ0v) is 8.48. The van der Waals surface area contributed by atoms with Gasteiger partial charge in [0.05, 0.1) is 12.0 Å². The molecule has 2 nitrogen and oxygen atoms in total. The van der Waals surface area contributed by atoms with Gasteiger partial charge in [0.2, 0.25) is 0 Å². The van der Waals surface area contributed by atoms with Gasteiger partial charge in [0, 0.05) is 5.25 Å². The van der Waals surface area contributed by atoms with E-state index in [4.69, 9.17) is 4.42 Å². The Balaban J connectivity index is 1.72. The van der Waals surface area contributed by atoms with Gasteiger partial charge in [0.1, 0.15) is 5.76 Å². The normalized spacial score (nSPS) is 19.1. The van der Waals surface area contributed by atoms with Crippen molar-refractivity contribution < 1.29 is 4.42 Å². The smallest absolute Gasteiger partial charge is 0.113 e. The van der Waals surface area contributed by atoms with Crippen LogP contribution >= 0.6 is 11.8 Å². The molecule has 0 spiro atoms. The Morgan fingerprint density at radius 1 is 1.46 bits per heavy atom. The van der Waals surface area contributed by atoms with Crippen LogP contribution in [-0.4, -0.2) is 18.3 Å². The molecular formula is C10H15NOS. The predicted octanol–water partition coefficient (Wildman–Crippen LogP) is 2.26. The van der Waals surface area contributed by atoms with E-state index in [0.717, 1.165) is 16.8 Å². The van der Waals surface area contributed by atoms with Crippen LogP contribution in [0.2, 0.25) is 0 Å². The molecule has 2 heterocycles. The summed E-state index contributed by atoms with van der Waals surface area (Å²) in [5.74, 6) is 2.13. The highest BCUT2D eigenvalue weighted by atomic mass is 32.2. The number of nitrogens with one attached hydrogen (secondary N) is 1. The summed E-state index contributed by atoms with van der Waals surface area (Å²) < 4.78 is 5.29. The highest BCUT2D eigenvalue weighted by Crippen LogP contribution is 2.24.